The molecule has 3 rings (SSSR count). The number of halogens is 1. The molecule has 38 heavy (non-hydrogen) atoms. The normalized spacial score (nSPS) is 17.3. The maximum atomic E-state index is 14.6. The van der Waals surface area contributed by atoms with Crippen LogP contribution in [-0.2, 0) is 4.74 Å². The van der Waals surface area contributed by atoms with Gasteiger partial charge in [-0.2, -0.15) is 0 Å². The summed E-state index contributed by atoms with van der Waals surface area (Å²) in [4.78, 5) is 12.7. The Morgan fingerprint density at radius 1 is 0.763 bits per heavy atom. The predicted molar refractivity (Wildman–Crippen MR) is 155 cm³/mol. The van der Waals surface area contributed by atoms with E-state index < -0.39 is 0 Å². The molecule has 0 N–H and O–H groups in total. The van der Waals surface area contributed by atoms with E-state index in [0.717, 1.165) is 55.6 Å². The van der Waals surface area contributed by atoms with E-state index in [2.05, 4.69) is 13.8 Å². The fraction of sp³-hybridized carbons (Fsp3) is 0.618. The summed E-state index contributed by atoms with van der Waals surface area (Å²) in [5, 5.41) is 0. The van der Waals surface area contributed by atoms with Crippen molar-refractivity contribution in [2.75, 3.05) is 6.61 Å². The zero-order valence-corrected chi connectivity index (χ0v) is 23.8. The molecule has 0 spiro atoms. The van der Waals surface area contributed by atoms with Crippen LogP contribution in [0, 0.1) is 11.7 Å². The van der Waals surface area contributed by atoms with Crippen LogP contribution >= 0.6 is 0 Å². The molecular formula is C34H49FO3. The Bertz CT molecular complexity index is 931. The SMILES string of the molecule is CCCCCCCCOc1ccc(-c2ccc(C(=O)O[C@H]3CC[C@H](CCCCCCC)CC3)cc2)cc1F. The van der Waals surface area contributed by atoms with E-state index in [1.54, 1.807) is 18.2 Å². The summed E-state index contributed by atoms with van der Waals surface area (Å²) in [6, 6.07) is 12.4. The van der Waals surface area contributed by atoms with Gasteiger partial charge in [0.1, 0.15) is 6.10 Å². The number of rotatable bonds is 17. The molecule has 1 aliphatic carbocycles. The van der Waals surface area contributed by atoms with Crippen LogP contribution in [0.2, 0.25) is 0 Å². The smallest absolute Gasteiger partial charge is 0.338 e. The molecule has 4 heteroatoms. The second-order valence-corrected chi connectivity index (χ2v) is 11.1. The minimum Gasteiger partial charge on any atom is -0.491 e. The molecule has 2 aromatic rings. The second-order valence-electron chi connectivity index (χ2n) is 11.1. The van der Waals surface area contributed by atoms with Crippen molar-refractivity contribution in [2.24, 2.45) is 5.92 Å². The highest BCUT2D eigenvalue weighted by Crippen LogP contribution is 2.31. The highest BCUT2D eigenvalue weighted by atomic mass is 19.1. The van der Waals surface area contributed by atoms with E-state index in [9.17, 15) is 9.18 Å². The van der Waals surface area contributed by atoms with Crippen molar-refractivity contribution in [1.82, 2.24) is 0 Å². The van der Waals surface area contributed by atoms with Gasteiger partial charge in [0, 0.05) is 0 Å². The first-order valence-electron chi connectivity index (χ1n) is 15.3. The minimum atomic E-state index is -0.353. The van der Waals surface area contributed by atoms with Gasteiger partial charge in [-0.15, -0.1) is 0 Å². The molecule has 1 fully saturated rings. The third-order valence-corrected chi connectivity index (χ3v) is 7.92. The number of hydrogen-bond donors (Lipinski definition) is 0. The zero-order chi connectivity index (χ0) is 27.0. The van der Waals surface area contributed by atoms with Gasteiger partial charge in [0.15, 0.2) is 11.6 Å². The molecule has 0 bridgehead atoms. The minimum absolute atomic E-state index is 0.0245. The lowest BCUT2D eigenvalue weighted by Crippen LogP contribution is -2.24. The molecule has 0 amide bonds. The summed E-state index contributed by atoms with van der Waals surface area (Å²) in [7, 11) is 0. The molecule has 0 atom stereocenters. The maximum Gasteiger partial charge on any atom is 0.338 e. The summed E-state index contributed by atoms with van der Waals surface area (Å²) in [6.07, 6.45) is 19.3. The van der Waals surface area contributed by atoms with Gasteiger partial charge in [0.25, 0.3) is 0 Å². The molecule has 2 aromatic carbocycles. The van der Waals surface area contributed by atoms with Crippen LogP contribution in [0.25, 0.3) is 11.1 Å². The zero-order valence-electron chi connectivity index (χ0n) is 23.8. The average Bonchev–Trinajstić information content (AvgIpc) is 2.94. The maximum absolute atomic E-state index is 14.6. The van der Waals surface area contributed by atoms with Crippen molar-refractivity contribution >= 4 is 5.97 Å². The number of hydrogen-bond acceptors (Lipinski definition) is 3. The van der Waals surface area contributed by atoms with Crippen molar-refractivity contribution in [3.05, 3.63) is 53.8 Å². The van der Waals surface area contributed by atoms with Gasteiger partial charge >= 0.3 is 5.97 Å². The number of carbonyl (C=O) groups excluding carboxylic acids is 1. The predicted octanol–water partition coefficient (Wildman–Crippen LogP) is 10.3. The van der Waals surface area contributed by atoms with Gasteiger partial charge < -0.3 is 9.47 Å². The van der Waals surface area contributed by atoms with Gasteiger partial charge in [-0.05, 0) is 73.4 Å². The molecule has 0 unspecified atom stereocenters. The fourth-order valence-corrected chi connectivity index (χ4v) is 5.46. The Hall–Kier alpha value is -2.36. The summed E-state index contributed by atoms with van der Waals surface area (Å²) in [6.45, 7) is 5.00. The van der Waals surface area contributed by atoms with Crippen LogP contribution in [0.5, 0.6) is 5.75 Å². The molecule has 0 radical (unpaired) electrons. The van der Waals surface area contributed by atoms with Gasteiger partial charge in [-0.1, -0.05) is 103 Å². The Labute approximate surface area is 230 Å². The van der Waals surface area contributed by atoms with Gasteiger partial charge in [0.05, 0.1) is 12.2 Å². The summed E-state index contributed by atoms with van der Waals surface area (Å²) >= 11 is 0. The van der Waals surface area contributed by atoms with Crippen LogP contribution in [-0.4, -0.2) is 18.7 Å². The van der Waals surface area contributed by atoms with Gasteiger partial charge in [-0.25, -0.2) is 9.18 Å². The number of ether oxygens (including phenoxy) is 2. The lowest BCUT2D eigenvalue weighted by Gasteiger charge is -2.28. The molecule has 210 valence electrons. The molecular weight excluding hydrogens is 475 g/mol. The molecule has 1 aliphatic rings. The number of benzene rings is 2. The monoisotopic (exact) mass is 524 g/mol. The first-order valence-corrected chi connectivity index (χ1v) is 15.3. The van der Waals surface area contributed by atoms with Crippen molar-refractivity contribution < 1.29 is 18.7 Å². The summed E-state index contributed by atoms with van der Waals surface area (Å²) < 4.78 is 26.1. The van der Waals surface area contributed by atoms with Crippen LogP contribution in [0.15, 0.2) is 42.5 Å². The van der Waals surface area contributed by atoms with E-state index in [4.69, 9.17) is 9.47 Å². The van der Waals surface area contributed by atoms with Crippen molar-refractivity contribution in [3.63, 3.8) is 0 Å². The first kappa shape index (κ1) is 30.2. The third-order valence-electron chi connectivity index (χ3n) is 7.92. The molecule has 3 nitrogen and oxygen atoms in total. The summed E-state index contributed by atoms with van der Waals surface area (Å²) in [5.74, 6) is 0.477. The van der Waals surface area contributed by atoms with E-state index in [-0.39, 0.29) is 17.9 Å². The number of esters is 1. The van der Waals surface area contributed by atoms with Crippen molar-refractivity contribution in [3.8, 4) is 16.9 Å². The number of carbonyl (C=O) groups is 1. The number of unbranched alkanes of at least 4 members (excludes halogenated alkanes) is 9. The lowest BCUT2D eigenvalue weighted by atomic mass is 9.84. The fourth-order valence-electron chi connectivity index (χ4n) is 5.46. The Balaban J connectivity index is 1.40. The molecule has 0 aromatic heterocycles. The largest absolute Gasteiger partial charge is 0.491 e. The van der Waals surface area contributed by atoms with Gasteiger partial charge in [0.2, 0.25) is 0 Å². The molecule has 1 saturated carbocycles. The third kappa shape index (κ3) is 10.4. The Kier molecular flexibility index (Phi) is 13.7. The van der Waals surface area contributed by atoms with Crippen molar-refractivity contribution in [1.29, 1.82) is 0 Å². The summed E-state index contributed by atoms with van der Waals surface area (Å²) in [5.41, 5.74) is 2.18. The highest BCUT2D eigenvalue weighted by Gasteiger charge is 2.24. The second kappa shape index (κ2) is 17.3. The van der Waals surface area contributed by atoms with E-state index in [1.807, 2.05) is 18.2 Å². The topological polar surface area (TPSA) is 35.5 Å². The van der Waals surface area contributed by atoms with Crippen LogP contribution < -0.4 is 4.74 Å². The van der Waals surface area contributed by atoms with E-state index in [0.29, 0.717) is 17.9 Å². The Morgan fingerprint density at radius 3 is 2.03 bits per heavy atom. The highest BCUT2D eigenvalue weighted by molar-refractivity contribution is 5.90. The molecule has 0 heterocycles. The van der Waals surface area contributed by atoms with Crippen LogP contribution in [0.3, 0.4) is 0 Å². The quantitative estimate of drug-likeness (QED) is 0.152. The average molecular weight is 525 g/mol. The first-order chi connectivity index (χ1) is 18.6. The lowest BCUT2D eigenvalue weighted by molar-refractivity contribution is 0.0161. The Morgan fingerprint density at radius 2 is 1.37 bits per heavy atom. The van der Waals surface area contributed by atoms with Crippen LogP contribution in [0.4, 0.5) is 4.39 Å². The molecule has 0 aliphatic heterocycles. The standard InChI is InChI=1S/C34H49FO3/c1-3-5-7-9-11-13-25-37-33-24-21-30(26-32(33)35)28-17-19-29(20-18-28)34(36)38-31-22-15-27(16-23-31)14-12-10-8-6-4-2/h17-21,24,26-27,31H,3-16,22-23,25H2,1-2H3/t27-,31-. The van der Waals surface area contributed by atoms with Crippen molar-refractivity contribution in [2.45, 2.75) is 123 Å². The molecule has 0 saturated heterocycles. The van der Waals surface area contributed by atoms with Gasteiger partial charge in [-0.3, -0.25) is 0 Å². The van der Waals surface area contributed by atoms with E-state index in [1.165, 1.54) is 70.3 Å². The van der Waals surface area contributed by atoms with E-state index >= 15 is 0 Å². The van der Waals surface area contributed by atoms with Crippen LogP contribution in [0.1, 0.15) is 127 Å².